The van der Waals surface area contributed by atoms with Crippen molar-refractivity contribution in [3.05, 3.63) is 51.6 Å². The summed E-state index contributed by atoms with van der Waals surface area (Å²) in [6.45, 7) is 1.55. The fraction of sp³-hybridized carbons (Fsp3) is 0.143. The minimum atomic E-state index is -0.702. The molecule has 0 spiro atoms. The van der Waals surface area contributed by atoms with Crippen LogP contribution in [0, 0.1) is 5.82 Å². The van der Waals surface area contributed by atoms with Crippen molar-refractivity contribution in [1.82, 2.24) is 0 Å². The van der Waals surface area contributed by atoms with Crippen LogP contribution in [-0.2, 0) is 9.53 Å². The maximum absolute atomic E-state index is 13.7. The number of halogens is 2. The third-order valence-electron chi connectivity index (χ3n) is 2.80. The van der Waals surface area contributed by atoms with Crippen LogP contribution in [0.5, 0.6) is 0 Å². The van der Waals surface area contributed by atoms with Crippen molar-refractivity contribution in [3.8, 4) is 0 Å². The highest BCUT2D eigenvalue weighted by Gasteiger charge is 2.27. The maximum Gasteiger partial charge on any atom is 0.343 e. The molecule has 0 saturated heterocycles. The molecule has 1 aliphatic heterocycles. The third kappa shape index (κ3) is 2.44. The molecule has 0 saturated carbocycles. The van der Waals surface area contributed by atoms with E-state index in [2.05, 4.69) is 9.73 Å². The number of carbonyl (C=O) groups excluding carboxylic acids is 1. The van der Waals surface area contributed by atoms with Crippen molar-refractivity contribution in [3.63, 3.8) is 0 Å². The van der Waals surface area contributed by atoms with E-state index in [1.54, 1.807) is 6.92 Å². The van der Waals surface area contributed by atoms with Crippen LogP contribution in [0.3, 0.4) is 0 Å². The van der Waals surface area contributed by atoms with Gasteiger partial charge in [0, 0.05) is 5.56 Å². The Morgan fingerprint density at radius 3 is 2.80 bits per heavy atom. The van der Waals surface area contributed by atoms with Crippen LogP contribution >= 0.6 is 11.6 Å². The Bertz CT molecular complexity index is 657. The van der Waals surface area contributed by atoms with E-state index in [1.807, 2.05) is 0 Å². The van der Waals surface area contributed by atoms with Crippen LogP contribution in [0.4, 0.5) is 4.39 Å². The second kappa shape index (κ2) is 5.46. The predicted molar refractivity (Wildman–Crippen MR) is 74.2 cm³/mol. The molecule has 0 unspecified atom stereocenters. The average Bonchev–Trinajstić information content (AvgIpc) is 2.68. The standard InChI is InChI=1S/C14H11ClFNO3/c1-7-12(14(19)20-2)13(18)11(17-7)6-8-9(15)4-3-5-10(8)16/h3-6,18H,1-2H3/b11-6-. The largest absolute Gasteiger partial charge is 0.505 e. The lowest BCUT2D eigenvalue weighted by atomic mass is 10.1. The van der Waals surface area contributed by atoms with Crippen molar-refractivity contribution in [2.45, 2.75) is 6.92 Å². The number of aliphatic hydroxyl groups excluding tert-OH is 1. The van der Waals surface area contributed by atoms with Gasteiger partial charge in [-0.15, -0.1) is 0 Å². The lowest BCUT2D eigenvalue weighted by Gasteiger charge is -2.02. The first-order valence-corrected chi connectivity index (χ1v) is 6.06. The van der Waals surface area contributed by atoms with E-state index in [0.29, 0.717) is 5.71 Å². The normalized spacial score (nSPS) is 16.6. The van der Waals surface area contributed by atoms with E-state index >= 15 is 0 Å². The fourth-order valence-corrected chi connectivity index (χ4v) is 2.04. The van der Waals surface area contributed by atoms with Crippen LogP contribution in [0.25, 0.3) is 6.08 Å². The maximum atomic E-state index is 13.7. The Hall–Kier alpha value is -2.14. The number of nitrogens with zero attached hydrogens (tertiary/aromatic N) is 1. The first kappa shape index (κ1) is 14.3. The van der Waals surface area contributed by atoms with Gasteiger partial charge in [0.25, 0.3) is 0 Å². The van der Waals surface area contributed by atoms with Crippen LogP contribution < -0.4 is 0 Å². The van der Waals surface area contributed by atoms with Crippen molar-refractivity contribution in [2.24, 2.45) is 4.99 Å². The van der Waals surface area contributed by atoms with Crippen LogP contribution in [0.15, 0.2) is 40.2 Å². The van der Waals surface area contributed by atoms with Gasteiger partial charge in [-0.25, -0.2) is 14.2 Å². The zero-order chi connectivity index (χ0) is 14.9. The van der Waals surface area contributed by atoms with Gasteiger partial charge in [-0.05, 0) is 25.1 Å². The summed E-state index contributed by atoms with van der Waals surface area (Å²) in [6, 6.07) is 4.23. The summed E-state index contributed by atoms with van der Waals surface area (Å²) in [7, 11) is 1.20. The Labute approximate surface area is 119 Å². The zero-order valence-corrected chi connectivity index (χ0v) is 11.5. The number of ether oxygens (including phenoxy) is 1. The van der Waals surface area contributed by atoms with Crippen LogP contribution in [0.2, 0.25) is 5.02 Å². The van der Waals surface area contributed by atoms with Crippen molar-refractivity contribution < 1.29 is 19.0 Å². The fourth-order valence-electron chi connectivity index (χ4n) is 1.82. The minimum Gasteiger partial charge on any atom is -0.505 e. The molecule has 0 atom stereocenters. The Balaban J connectivity index is 2.53. The number of benzene rings is 1. The summed E-state index contributed by atoms with van der Waals surface area (Å²) < 4.78 is 18.2. The van der Waals surface area contributed by atoms with Gasteiger partial charge in [0.1, 0.15) is 17.1 Å². The van der Waals surface area contributed by atoms with E-state index < -0.39 is 11.8 Å². The molecule has 1 heterocycles. The molecule has 1 aliphatic rings. The quantitative estimate of drug-likeness (QED) is 0.852. The molecule has 4 nitrogen and oxygen atoms in total. The van der Waals surface area contributed by atoms with Crippen LogP contribution in [0.1, 0.15) is 12.5 Å². The highest BCUT2D eigenvalue weighted by atomic mass is 35.5. The Morgan fingerprint density at radius 2 is 2.20 bits per heavy atom. The lowest BCUT2D eigenvalue weighted by molar-refractivity contribution is -0.135. The topological polar surface area (TPSA) is 58.9 Å². The highest BCUT2D eigenvalue weighted by Crippen LogP contribution is 2.29. The van der Waals surface area contributed by atoms with E-state index in [1.165, 1.54) is 31.4 Å². The van der Waals surface area contributed by atoms with E-state index in [-0.39, 0.29) is 27.6 Å². The molecule has 0 radical (unpaired) electrons. The molecule has 0 aromatic heterocycles. The number of aliphatic hydroxyl groups is 1. The predicted octanol–water partition coefficient (Wildman–Crippen LogP) is 3.28. The molecule has 0 amide bonds. The summed E-state index contributed by atoms with van der Waals surface area (Å²) in [4.78, 5) is 15.5. The smallest absolute Gasteiger partial charge is 0.343 e. The average molecular weight is 296 g/mol. The molecule has 0 aliphatic carbocycles. The van der Waals surface area contributed by atoms with E-state index in [4.69, 9.17) is 11.6 Å². The van der Waals surface area contributed by atoms with Gasteiger partial charge in [-0.2, -0.15) is 0 Å². The Kier molecular flexibility index (Phi) is 3.90. The first-order valence-electron chi connectivity index (χ1n) is 5.69. The number of hydrogen-bond donors (Lipinski definition) is 1. The molecule has 1 aromatic rings. The molecule has 0 bridgehead atoms. The molecule has 1 N–H and O–H groups in total. The van der Waals surface area contributed by atoms with Crippen molar-refractivity contribution >= 4 is 29.4 Å². The number of aliphatic imine (C=N–C) groups is 1. The molecule has 6 heteroatoms. The first-order chi connectivity index (χ1) is 9.45. The molecule has 104 valence electrons. The molecule has 20 heavy (non-hydrogen) atoms. The Morgan fingerprint density at radius 1 is 1.50 bits per heavy atom. The second-order valence-electron chi connectivity index (χ2n) is 4.08. The number of rotatable bonds is 2. The van der Waals surface area contributed by atoms with Gasteiger partial charge >= 0.3 is 5.97 Å². The second-order valence-corrected chi connectivity index (χ2v) is 4.48. The summed E-state index contributed by atoms with van der Waals surface area (Å²) in [5, 5.41) is 10.2. The van der Waals surface area contributed by atoms with Gasteiger partial charge < -0.3 is 9.84 Å². The molecule has 0 fully saturated rings. The summed E-state index contributed by atoms with van der Waals surface area (Å²) in [6.07, 6.45) is 1.28. The monoisotopic (exact) mass is 295 g/mol. The van der Waals surface area contributed by atoms with Crippen LogP contribution in [-0.4, -0.2) is 23.9 Å². The van der Waals surface area contributed by atoms with Gasteiger partial charge in [-0.3, -0.25) is 0 Å². The number of methoxy groups -OCH3 is 1. The molecule has 1 aromatic carbocycles. The molecular formula is C14H11ClFNO3. The van der Waals surface area contributed by atoms with Gasteiger partial charge in [-0.1, -0.05) is 17.7 Å². The molecular weight excluding hydrogens is 285 g/mol. The van der Waals surface area contributed by atoms with E-state index in [9.17, 15) is 14.3 Å². The third-order valence-corrected chi connectivity index (χ3v) is 3.13. The van der Waals surface area contributed by atoms with Gasteiger partial charge in [0.05, 0.1) is 17.8 Å². The SMILES string of the molecule is COC(=O)C1=C(O)/C(=C/c2c(F)cccc2Cl)N=C1C. The number of esters is 1. The number of hydrogen-bond acceptors (Lipinski definition) is 4. The minimum absolute atomic E-state index is 0.0359. The van der Waals surface area contributed by atoms with Gasteiger partial charge in [0.2, 0.25) is 0 Å². The summed E-state index contributed by atoms with van der Waals surface area (Å²) in [5.41, 5.74) is 0.424. The lowest BCUT2D eigenvalue weighted by Crippen LogP contribution is -2.11. The zero-order valence-electron chi connectivity index (χ0n) is 10.8. The summed E-state index contributed by atoms with van der Waals surface area (Å²) in [5.74, 6) is -1.60. The van der Waals surface area contributed by atoms with Gasteiger partial charge in [0.15, 0.2) is 5.76 Å². The molecule has 2 rings (SSSR count). The van der Waals surface area contributed by atoms with Crippen molar-refractivity contribution in [1.29, 1.82) is 0 Å². The summed E-state index contributed by atoms with van der Waals surface area (Å²) >= 11 is 5.90. The highest BCUT2D eigenvalue weighted by molar-refractivity contribution is 6.32. The van der Waals surface area contributed by atoms with Crippen molar-refractivity contribution in [2.75, 3.05) is 7.11 Å². The van der Waals surface area contributed by atoms with E-state index in [0.717, 1.165) is 0 Å². The number of carbonyl (C=O) groups is 1.